The van der Waals surface area contributed by atoms with Gasteiger partial charge in [0.15, 0.2) is 23.3 Å². The van der Waals surface area contributed by atoms with E-state index < -0.39 is 40.7 Å². The molecule has 6 heteroatoms. The summed E-state index contributed by atoms with van der Waals surface area (Å²) >= 11 is 0. The summed E-state index contributed by atoms with van der Waals surface area (Å²) in [5.74, 6) is -9.88. The van der Waals surface area contributed by atoms with Crippen molar-refractivity contribution in [2.45, 2.75) is 31.7 Å². The summed E-state index contributed by atoms with van der Waals surface area (Å²) in [7, 11) is 0. The third-order valence-electron chi connectivity index (χ3n) is 3.48. The molecule has 1 fully saturated rings. The maximum atomic E-state index is 13.5. The van der Waals surface area contributed by atoms with Crippen LogP contribution in [0.4, 0.5) is 22.0 Å². The van der Waals surface area contributed by atoms with Crippen molar-refractivity contribution >= 4 is 0 Å². The number of benzene rings is 1. The number of rotatable bonds is 2. The minimum absolute atomic E-state index is 0.238. The van der Waals surface area contributed by atoms with E-state index in [0.29, 0.717) is 12.8 Å². The van der Waals surface area contributed by atoms with Gasteiger partial charge in [-0.3, -0.25) is 0 Å². The average Bonchev–Trinajstić information content (AvgIpc) is 2.88. The molecule has 1 saturated carbocycles. The lowest BCUT2D eigenvalue weighted by Crippen LogP contribution is -2.24. The molecule has 0 radical (unpaired) electrons. The Kier molecular flexibility index (Phi) is 3.56. The molecular weight excluding hydrogens is 253 g/mol. The Balaban J connectivity index is 2.49. The molecule has 18 heavy (non-hydrogen) atoms. The van der Waals surface area contributed by atoms with Crippen LogP contribution in [-0.2, 0) is 0 Å². The van der Waals surface area contributed by atoms with E-state index in [1.165, 1.54) is 0 Å². The lowest BCUT2D eigenvalue weighted by molar-refractivity contribution is 0.344. The van der Waals surface area contributed by atoms with Crippen LogP contribution < -0.4 is 5.73 Å². The number of halogens is 5. The van der Waals surface area contributed by atoms with E-state index in [0.717, 1.165) is 12.8 Å². The van der Waals surface area contributed by atoms with Crippen LogP contribution >= 0.6 is 0 Å². The molecule has 1 aromatic carbocycles. The monoisotopic (exact) mass is 265 g/mol. The van der Waals surface area contributed by atoms with E-state index in [2.05, 4.69) is 0 Å². The highest BCUT2D eigenvalue weighted by atomic mass is 19.2. The molecule has 1 aliphatic rings. The molecule has 1 nitrogen and oxygen atoms in total. The second-order valence-electron chi connectivity index (χ2n) is 4.55. The van der Waals surface area contributed by atoms with Crippen LogP contribution in [0.1, 0.15) is 37.3 Å². The molecule has 0 spiro atoms. The third-order valence-corrected chi connectivity index (χ3v) is 3.48. The van der Waals surface area contributed by atoms with E-state index in [9.17, 15) is 22.0 Å². The summed E-state index contributed by atoms with van der Waals surface area (Å²) in [4.78, 5) is 0. The highest BCUT2D eigenvalue weighted by Crippen LogP contribution is 2.37. The molecule has 2 rings (SSSR count). The summed E-state index contributed by atoms with van der Waals surface area (Å²) in [6.45, 7) is 0. The normalized spacial score (nSPS) is 18.3. The van der Waals surface area contributed by atoms with Crippen molar-refractivity contribution in [1.82, 2.24) is 0 Å². The van der Waals surface area contributed by atoms with Crippen LogP contribution in [0, 0.1) is 35.0 Å². The van der Waals surface area contributed by atoms with Crippen molar-refractivity contribution < 1.29 is 22.0 Å². The van der Waals surface area contributed by atoms with Gasteiger partial charge >= 0.3 is 0 Å². The van der Waals surface area contributed by atoms with Gasteiger partial charge < -0.3 is 5.73 Å². The third kappa shape index (κ3) is 1.98. The first-order valence-electron chi connectivity index (χ1n) is 5.72. The van der Waals surface area contributed by atoms with Gasteiger partial charge in [0.25, 0.3) is 0 Å². The predicted octanol–water partition coefficient (Wildman–Crippen LogP) is 3.57. The van der Waals surface area contributed by atoms with Gasteiger partial charge in [0.1, 0.15) is 0 Å². The summed E-state index contributed by atoms with van der Waals surface area (Å²) in [5.41, 5.74) is 4.76. The first-order valence-corrected chi connectivity index (χ1v) is 5.72. The maximum absolute atomic E-state index is 13.5. The Labute approximate surface area is 101 Å². The zero-order valence-corrected chi connectivity index (χ0v) is 9.45. The Morgan fingerprint density at radius 2 is 1.17 bits per heavy atom. The van der Waals surface area contributed by atoms with E-state index in [-0.39, 0.29) is 5.92 Å². The highest BCUT2D eigenvalue weighted by molar-refractivity contribution is 5.27. The van der Waals surface area contributed by atoms with Crippen LogP contribution in [-0.4, -0.2) is 0 Å². The Morgan fingerprint density at radius 1 is 0.778 bits per heavy atom. The van der Waals surface area contributed by atoms with Gasteiger partial charge in [0.2, 0.25) is 5.82 Å². The SMILES string of the molecule is N[C@@H](c1c(F)c(F)c(F)c(F)c1F)C1CCCC1. The summed E-state index contributed by atoms with van der Waals surface area (Å²) in [5, 5.41) is 0. The molecule has 1 atom stereocenters. The molecule has 0 bridgehead atoms. The largest absolute Gasteiger partial charge is 0.324 e. The number of nitrogens with two attached hydrogens (primary N) is 1. The van der Waals surface area contributed by atoms with E-state index in [1.54, 1.807) is 0 Å². The lowest BCUT2D eigenvalue weighted by atomic mass is 9.91. The van der Waals surface area contributed by atoms with Gasteiger partial charge in [0, 0.05) is 11.6 Å². The molecule has 0 unspecified atom stereocenters. The molecule has 100 valence electrons. The van der Waals surface area contributed by atoms with E-state index in [4.69, 9.17) is 5.73 Å². The Morgan fingerprint density at radius 3 is 1.61 bits per heavy atom. The zero-order valence-electron chi connectivity index (χ0n) is 9.45. The molecule has 1 aromatic rings. The summed E-state index contributed by atoms with van der Waals surface area (Å²) in [6.07, 6.45) is 2.99. The van der Waals surface area contributed by atoms with Gasteiger partial charge in [-0.25, -0.2) is 22.0 Å². The summed E-state index contributed by atoms with van der Waals surface area (Å²) < 4.78 is 65.9. The van der Waals surface area contributed by atoms with E-state index >= 15 is 0 Å². The van der Waals surface area contributed by atoms with Crippen molar-refractivity contribution in [2.24, 2.45) is 11.7 Å². The standard InChI is InChI=1S/C12H12F5N/c13-7-6(12(18)5-3-1-2-4-5)8(14)10(16)11(17)9(7)15/h5,12H,1-4,18H2/t12-/m1/s1. The molecule has 0 aromatic heterocycles. The lowest BCUT2D eigenvalue weighted by Gasteiger charge is -2.20. The molecule has 0 aliphatic heterocycles. The van der Waals surface area contributed by atoms with Crippen molar-refractivity contribution in [3.8, 4) is 0 Å². The van der Waals surface area contributed by atoms with Crippen LogP contribution in [0.3, 0.4) is 0 Å². The molecule has 0 heterocycles. The first kappa shape index (κ1) is 13.3. The van der Waals surface area contributed by atoms with Gasteiger partial charge in [-0.1, -0.05) is 12.8 Å². The minimum Gasteiger partial charge on any atom is -0.324 e. The smallest absolute Gasteiger partial charge is 0.200 e. The van der Waals surface area contributed by atoms with Crippen molar-refractivity contribution in [1.29, 1.82) is 0 Å². The maximum Gasteiger partial charge on any atom is 0.200 e. The van der Waals surface area contributed by atoms with Crippen molar-refractivity contribution in [3.63, 3.8) is 0 Å². The fourth-order valence-corrected chi connectivity index (χ4v) is 2.47. The summed E-state index contributed by atoms with van der Waals surface area (Å²) in [6, 6.07) is -1.16. The van der Waals surface area contributed by atoms with Crippen LogP contribution in [0.2, 0.25) is 0 Å². The van der Waals surface area contributed by atoms with Gasteiger partial charge in [-0.05, 0) is 18.8 Å². The zero-order chi connectivity index (χ0) is 13.4. The fourth-order valence-electron chi connectivity index (χ4n) is 2.47. The van der Waals surface area contributed by atoms with Crippen LogP contribution in [0.15, 0.2) is 0 Å². The second kappa shape index (κ2) is 4.84. The molecular formula is C12H12F5N. The first-order chi connectivity index (χ1) is 8.45. The average molecular weight is 265 g/mol. The highest BCUT2D eigenvalue weighted by Gasteiger charge is 2.33. The molecule has 1 aliphatic carbocycles. The fraction of sp³-hybridized carbons (Fsp3) is 0.500. The number of hydrogen-bond acceptors (Lipinski definition) is 1. The molecule has 2 N–H and O–H groups in total. The van der Waals surface area contributed by atoms with Gasteiger partial charge in [0.05, 0.1) is 0 Å². The molecule has 0 amide bonds. The Bertz CT molecular complexity index is 439. The predicted molar refractivity (Wildman–Crippen MR) is 55.1 cm³/mol. The topological polar surface area (TPSA) is 26.0 Å². The van der Waals surface area contributed by atoms with Crippen LogP contribution in [0.5, 0.6) is 0 Å². The van der Waals surface area contributed by atoms with Gasteiger partial charge in [-0.15, -0.1) is 0 Å². The Hall–Kier alpha value is -1.17. The van der Waals surface area contributed by atoms with Crippen LogP contribution in [0.25, 0.3) is 0 Å². The van der Waals surface area contributed by atoms with Gasteiger partial charge in [-0.2, -0.15) is 0 Å². The van der Waals surface area contributed by atoms with E-state index in [1.807, 2.05) is 0 Å². The molecule has 0 saturated heterocycles. The quantitative estimate of drug-likeness (QED) is 0.494. The van der Waals surface area contributed by atoms with Crippen molar-refractivity contribution in [2.75, 3.05) is 0 Å². The van der Waals surface area contributed by atoms with Crippen molar-refractivity contribution in [3.05, 3.63) is 34.6 Å². The minimum atomic E-state index is -2.15. The second-order valence-corrected chi connectivity index (χ2v) is 4.55. The number of hydrogen-bond donors (Lipinski definition) is 1.